The molecule has 0 aromatic heterocycles. The van der Waals surface area contributed by atoms with E-state index in [0.717, 1.165) is 38.2 Å². The highest BCUT2D eigenvalue weighted by molar-refractivity contribution is 7.98. The maximum Gasteiger partial charge on any atom is 0.251 e. The molecule has 1 atom stereocenters. The second-order valence-electron chi connectivity index (χ2n) is 6.30. The Morgan fingerprint density at radius 3 is 2.86 bits per heavy atom. The molecule has 5 heteroatoms. The predicted octanol–water partition coefficient (Wildman–Crippen LogP) is 2.09. The summed E-state index contributed by atoms with van der Waals surface area (Å²) >= 11 is 1.66. The number of carbonyl (C=O) groups is 1. The average Bonchev–Trinajstić information content (AvgIpc) is 2.92. The minimum absolute atomic E-state index is 0.0943. The number of carbonyl (C=O) groups excluding carboxylic acids is 1. The van der Waals surface area contributed by atoms with Gasteiger partial charge in [-0.1, -0.05) is 18.2 Å². The first-order valence-corrected chi connectivity index (χ1v) is 9.35. The summed E-state index contributed by atoms with van der Waals surface area (Å²) in [5, 5.41) is 13.5. The van der Waals surface area contributed by atoms with Gasteiger partial charge in [0.25, 0.3) is 5.91 Å². The number of piperidine rings is 1. The van der Waals surface area contributed by atoms with Crippen molar-refractivity contribution in [3.8, 4) is 0 Å². The molecule has 2 heterocycles. The predicted molar refractivity (Wildman–Crippen MR) is 91.4 cm³/mol. The normalized spacial score (nSPS) is 20.5. The third-order valence-corrected chi connectivity index (χ3v) is 5.67. The van der Waals surface area contributed by atoms with E-state index in [9.17, 15) is 9.90 Å². The van der Waals surface area contributed by atoms with Crippen molar-refractivity contribution >= 4 is 23.4 Å². The van der Waals surface area contributed by atoms with Crippen LogP contribution in [0.15, 0.2) is 24.3 Å². The molecule has 1 fully saturated rings. The summed E-state index contributed by atoms with van der Waals surface area (Å²) in [6.45, 7) is 2.44. The van der Waals surface area contributed by atoms with Crippen molar-refractivity contribution in [2.45, 2.75) is 30.8 Å². The Bertz CT molecular complexity index is 541. The molecule has 1 amide bonds. The van der Waals surface area contributed by atoms with Crippen molar-refractivity contribution < 1.29 is 9.90 Å². The van der Waals surface area contributed by atoms with Gasteiger partial charge in [-0.15, -0.1) is 0 Å². The molecule has 3 rings (SSSR count). The Morgan fingerprint density at radius 1 is 1.41 bits per heavy atom. The Kier molecular flexibility index (Phi) is 4.64. The topological polar surface area (TPSA) is 52.6 Å². The van der Waals surface area contributed by atoms with Gasteiger partial charge in [0, 0.05) is 30.7 Å². The number of nitrogens with one attached hydrogen (secondary N) is 1. The summed E-state index contributed by atoms with van der Waals surface area (Å²) in [5.74, 6) is 0.727. The number of hydrogen-bond donors (Lipinski definition) is 2. The van der Waals surface area contributed by atoms with Gasteiger partial charge in [0.1, 0.15) is 6.10 Å². The zero-order valence-electron chi connectivity index (χ0n) is 13.0. The lowest BCUT2D eigenvalue weighted by Gasteiger charge is -2.40. The first kappa shape index (κ1) is 15.7. The van der Waals surface area contributed by atoms with E-state index in [-0.39, 0.29) is 11.3 Å². The number of amides is 1. The lowest BCUT2D eigenvalue weighted by Crippen LogP contribution is -2.49. The lowest BCUT2D eigenvalue weighted by atomic mass is 9.74. The molecule has 2 N–H and O–H groups in total. The van der Waals surface area contributed by atoms with E-state index in [2.05, 4.69) is 29.6 Å². The van der Waals surface area contributed by atoms with Gasteiger partial charge in [-0.05, 0) is 42.9 Å². The van der Waals surface area contributed by atoms with Crippen LogP contribution in [0.3, 0.4) is 0 Å². The van der Waals surface area contributed by atoms with Gasteiger partial charge in [0.05, 0.1) is 0 Å². The van der Waals surface area contributed by atoms with Crippen LogP contribution in [0.2, 0.25) is 0 Å². The minimum atomic E-state index is -0.838. The zero-order chi connectivity index (χ0) is 15.6. The van der Waals surface area contributed by atoms with E-state index < -0.39 is 6.10 Å². The average molecular weight is 320 g/mol. The van der Waals surface area contributed by atoms with Crippen LogP contribution in [0.25, 0.3) is 0 Å². The van der Waals surface area contributed by atoms with Crippen LogP contribution in [0.4, 0.5) is 5.69 Å². The number of rotatable bonds is 4. The Hall–Kier alpha value is -1.20. The number of hydrogen-bond acceptors (Lipinski definition) is 4. The molecule has 120 valence electrons. The molecule has 2 aliphatic heterocycles. The van der Waals surface area contributed by atoms with Gasteiger partial charge in [-0.2, -0.15) is 11.8 Å². The Balaban J connectivity index is 1.63. The van der Waals surface area contributed by atoms with Crippen LogP contribution in [0.5, 0.6) is 0 Å². The number of benzene rings is 1. The van der Waals surface area contributed by atoms with E-state index >= 15 is 0 Å². The SMILES string of the molecule is CSCC[C@@H](O)C(=O)N1CCC2(CC1)CNc1ccccc12. The van der Waals surface area contributed by atoms with Crippen molar-refractivity contribution in [3.05, 3.63) is 29.8 Å². The first-order valence-electron chi connectivity index (χ1n) is 7.95. The standard InChI is InChI=1S/C17H24N2O2S/c1-22-11-6-15(20)16(21)19-9-7-17(8-10-19)12-18-14-5-3-2-4-13(14)17/h2-5,15,18,20H,6-12H2,1H3/t15-/m1/s1. The van der Waals surface area contributed by atoms with E-state index in [1.165, 1.54) is 11.3 Å². The number of fused-ring (bicyclic) bond motifs is 2. The van der Waals surface area contributed by atoms with E-state index in [0.29, 0.717) is 6.42 Å². The quantitative estimate of drug-likeness (QED) is 0.892. The van der Waals surface area contributed by atoms with Crippen molar-refractivity contribution in [2.75, 3.05) is 37.0 Å². The molecule has 1 aromatic carbocycles. The van der Waals surface area contributed by atoms with Crippen LogP contribution in [0.1, 0.15) is 24.8 Å². The zero-order valence-corrected chi connectivity index (χ0v) is 13.9. The van der Waals surface area contributed by atoms with Gasteiger partial charge in [0.2, 0.25) is 0 Å². The molecule has 2 aliphatic rings. The minimum Gasteiger partial charge on any atom is -0.384 e. The van der Waals surface area contributed by atoms with Gasteiger partial charge >= 0.3 is 0 Å². The van der Waals surface area contributed by atoms with Crippen molar-refractivity contribution in [1.29, 1.82) is 0 Å². The third-order valence-electron chi connectivity index (χ3n) is 5.03. The second-order valence-corrected chi connectivity index (χ2v) is 7.29. The van der Waals surface area contributed by atoms with Gasteiger partial charge in [-0.25, -0.2) is 0 Å². The fourth-order valence-electron chi connectivity index (χ4n) is 3.62. The Morgan fingerprint density at radius 2 is 2.14 bits per heavy atom. The number of nitrogens with zero attached hydrogens (tertiary/aromatic N) is 1. The van der Waals surface area contributed by atoms with Crippen LogP contribution in [-0.2, 0) is 10.2 Å². The number of thioether (sulfide) groups is 1. The van der Waals surface area contributed by atoms with Gasteiger partial charge in [-0.3, -0.25) is 4.79 Å². The molecule has 0 saturated carbocycles. The highest BCUT2D eigenvalue weighted by Crippen LogP contribution is 2.43. The molecule has 4 nitrogen and oxygen atoms in total. The molecule has 1 spiro atoms. The third kappa shape index (κ3) is 2.84. The van der Waals surface area contributed by atoms with Crippen molar-refractivity contribution in [3.63, 3.8) is 0 Å². The van der Waals surface area contributed by atoms with Crippen molar-refractivity contribution in [2.24, 2.45) is 0 Å². The fraction of sp³-hybridized carbons (Fsp3) is 0.588. The number of aliphatic hydroxyl groups is 1. The maximum absolute atomic E-state index is 12.3. The number of anilines is 1. The highest BCUT2D eigenvalue weighted by Gasteiger charge is 2.42. The molecule has 22 heavy (non-hydrogen) atoms. The number of likely N-dealkylation sites (tertiary alicyclic amines) is 1. The monoisotopic (exact) mass is 320 g/mol. The molecule has 0 radical (unpaired) electrons. The lowest BCUT2D eigenvalue weighted by molar-refractivity contribution is -0.141. The largest absolute Gasteiger partial charge is 0.384 e. The molecule has 0 unspecified atom stereocenters. The van der Waals surface area contributed by atoms with Gasteiger partial charge < -0.3 is 15.3 Å². The first-order chi connectivity index (χ1) is 10.7. The molecular weight excluding hydrogens is 296 g/mol. The summed E-state index contributed by atoms with van der Waals surface area (Å²) in [6.07, 6.45) is 3.64. The fourth-order valence-corrected chi connectivity index (χ4v) is 4.08. The molecular formula is C17H24N2O2S. The molecule has 1 aromatic rings. The van der Waals surface area contributed by atoms with E-state index in [1.54, 1.807) is 11.8 Å². The van der Waals surface area contributed by atoms with Crippen LogP contribution < -0.4 is 5.32 Å². The molecule has 0 aliphatic carbocycles. The van der Waals surface area contributed by atoms with Crippen LogP contribution in [-0.4, -0.2) is 53.7 Å². The Labute approximate surface area is 136 Å². The van der Waals surface area contributed by atoms with Gasteiger partial charge in [0.15, 0.2) is 0 Å². The van der Waals surface area contributed by atoms with E-state index in [4.69, 9.17) is 0 Å². The number of aliphatic hydroxyl groups excluding tert-OH is 1. The maximum atomic E-state index is 12.3. The summed E-state index contributed by atoms with van der Waals surface area (Å²) in [6, 6.07) is 8.50. The summed E-state index contributed by atoms with van der Waals surface area (Å²) in [7, 11) is 0. The second kappa shape index (κ2) is 6.50. The van der Waals surface area contributed by atoms with Crippen molar-refractivity contribution in [1.82, 2.24) is 4.90 Å². The smallest absolute Gasteiger partial charge is 0.251 e. The highest BCUT2D eigenvalue weighted by atomic mass is 32.2. The summed E-state index contributed by atoms with van der Waals surface area (Å²) < 4.78 is 0. The number of para-hydroxylation sites is 1. The molecule has 1 saturated heterocycles. The van der Waals surface area contributed by atoms with Crippen LogP contribution >= 0.6 is 11.8 Å². The van der Waals surface area contributed by atoms with E-state index in [1.807, 2.05) is 11.2 Å². The molecule has 0 bridgehead atoms. The summed E-state index contributed by atoms with van der Waals surface area (Å²) in [5.41, 5.74) is 2.80. The summed E-state index contributed by atoms with van der Waals surface area (Å²) in [4.78, 5) is 14.1. The van der Waals surface area contributed by atoms with Crippen LogP contribution in [0, 0.1) is 0 Å².